The van der Waals surface area contributed by atoms with Gasteiger partial charge in [0.25, 0.3) is 11.8 Å². The maximum Gasteiger partial charge on any atom is 0.314 e. The third-order valence-electron chi connectivity index (χ3n) is 3.44. The molecule has 26 heavy (non-hydrogen) atoms. The number of nitrogens with one attached hydrogen (secondary N) is 1. The largest absolute Gasteiger partial charge is 0.415 e. The van der Waals surface area contributed by atoms with E-state index in [0.717, 1.165) is 5.56 Å². The van der Waals surface area contributed by atoms with Crippen LogP contribution in [-0.4, -0.2) is 33.9 Å². The van der Waals surface area contributed by atoms with Gasteiger partial charge in [0.05, 0.1) is 18.2 Å². The van der Waals surface area contributed by atoms with Gasteiger partial charge in [-0.05, 0) is 17.7 Å². The summed E-state index contributed by atoms with van der Waals surface area (Å²) in [6.07, 6.45) is -0.109. The van der Waals surface area contributed by atoms with Crippen LogP contribution in [0.4, 0.5) is 19.1 Å². The SMILES string of the molecule is COCC(Nc1ncc(-c2nnc(C(F)F)o2)cn1)c1ccc(F)cc1. The van der Waals surface area contributed by atoms with Crippen molar-refractivity contribution in [2.24, 2.45) is 0 Å². The molecular formula is C16H14F3N5O2. The average molecular weight is 365 g/mol. The molecule has 2 aromatic heterocycles. The van der Waals surface area contributed by atoms with E-state index < -0.39 is 12.3 Å². The van der Waals surface area contributed by atoms with Crippen LogP contribution in [0.2, 0.25) is 0 Å². The number of aromatic nitrogens is 4. The van der Waals surface area contributed by atoms with Crippen molar-refractivity contribution < 1.29 is 22.3 Å². The van der Waals surface area contributed by atoms with Crippen LogP contribution in [0.15, 0.2) is 41.1 Å². The number of halogens is 3. The Bertz CT molecular complexity index is 840. The Labute approximate surface area is 146 Å². The molecule has 0 aliphatic rings. The van der Waals surface area contributed by atoms with Crippen molar-refractivity contribution in [2.75, 3.05) is 19.0 Å². The van der Waals surface area contributed by atoms with Crippen molar-refractivity contribution in [3.63, 3.8) is 0 Å². The number of hydrogen-bond donors (Lipinski definition) is 1. The average Bonchev–Trinajstić information content (AvgIpc) is 3.13. The van der Waals surface area contributed by atoms with Crippen molar-refractivity contribution in [3.8, 4) is 11.5 Å². The van der Waals surface area contributed by atoms with Crippen LogP contribution in [0, 0.1) is 5.82 Å². The molecule has 10 heteroatoms. The van der Waals surface area contributed by atoms with E-state index in [1.807, 2.05) is 0 Å². The molecule has 7 nitrogen and oxygen atoms in total. The standard InChI is InChI=1S/C16H14F3N5O2/c1-25-8-12(9-2-4-11(17)5-3-9)22-16-20-6-10(7-21-16)14-23-24-15(26-14)13(18)19/h2-7,12-13H,8H2,1H3,(H,20,21,22). The summed E-state index contributed by atoms with van der Waals surface area (Å²) in [6.45, 7) is 0.304. The van der Waals surface area contributed by atoms with E-state index in [9.17, 15) is 13.2 Å². The highest BCUT2D eigenvalue weighted by Crippen LogP contribution is 2.23. The van der Waals surface area contributed by atoms with Gasteiger partial charge in [0, 0.05) is 19.5 Å². The zero-order valence-corrected chi connectivity index (χ0v) is 13.6. The monoisotopic (exact) mass is 365 g/mol. The van der Waals surface area contributed by atoms with Gasteiger partial charge in [-0.3, -0.25) is 0 Å². The van der Waals surface area contributed by atoms with Gasteiger partial charge < -0.3 is 14.5 Å². The first kappa shape index (κ1) is 17.8. The van der Waals surface area contributed by atoms with Crippen molar-refractivity contribution in [2.45, 2.75) is 12.5 Å². The lowest BCUT2D eigenvalue weighted by Gasteiger charge is -2.18. The van der Waals surface area contributed by atoms with E-state index in [2.05, 4.69) is 25.5 Å². The number of rotatable bonds is 7. The number of ether oxygens (including phenoxy) is 1. The van der Waals surface area contributed by atoms with Crippen molar-refractivity contribution in [3.05, 3.63) is 53.9 Å². The first-order valence-corrected chi connectivity index (χ1v) is 7.51. The molecular weight excluding hydrogens is 351 g/mol. The molecule has 2 heterocycles. The second-order valence-electron chi connectivity index (χ2n) is 5.25. The Balaban J connectivity index is 1.75. The first-order valence-electron chi connectivity index (χ1n) is 7.51. The van der Waals surface area contributed by atoms with Crippen LogP contribution in [0.1, 0.15) is 23.9 Å². The van der Waals surface area contributed by atoms with Crippen molar-refractivity contribution >= 4 is 5.95 Å². The Hall–Kier alpha value is -3.01. The molecule has 0 aliphatic heterocycles. The number of anilines is 1. The minimum Gasteiger partial charge on any atom is -0.415 e. The summed E-state index contributed by atoms with van der Waals surface area (Å²) in [5.41, 5.74) is 1.10. The van der Waals surface area contributed by atoms with Crippen LogP contribution in [0.5, 0.6) is 0 Å². The van der Waals surface area contributed by atoms with E-state index in [-0.39, 0.29) is 23.7 Å². The Kier molecular flexibility index (Phi) is 5.42. The molecule has 3 aromatic rings. The Morgan fingerprint density at radius 1 is 1.12 bits per heavy atom. The molecule has 0 aliphatic carbocycles. The predicted octanol–water partition coefficient (Wildman–Crippen LogP) is 3.40. The normalized spacial score (nSPS) is 12.3. The number of alkyl halides is 2. The van der Waals surface area contributed by atoms with Crippen LogP contribution in [-0.2, 0) is 4.74 Å². The molecule has 1 atom stereocenters. The van der Waals surface area contributed by atoms with Gasteiger partial charge in [-0.2, -0.15) is 8.78 Å². The summed E-state index contributed by atoms with van der Waals surface area (Å²) in [6, 6.07) is 5.65. The summed E-state index contributed by atoms with van der Waals surface area (Å²) in [4.78, 5) is 8.21. The summed E-state index contributed by atoms with van der Waals surface area (Å²) >= 11 is 0. The van der Waals surface area contributed by atoms with E-state index in [1.54, 1.807) is 19.2 Å². The van der Waals surface area contributed by atoms with Crippen LogP contribution < -0.4 is 5.32 Å². The van der Waals surface area contributed by atoms with E-state index in [0.29, 0.717) is 12.2 Å². The topological polar surface area (TPSA) is 86.0 Å². The lowest BCUT2D eigenvalue weighted by molar-refractivity contribution is 0.116. The summed E-state index contributed by atoms with van der Waals surface area (Å²) in [5.74, 6) is -0.931. The summed E-state index contributed by atoms with van der Waals surface area (Å²) < 4.78 is 48.1. The fourth-order valence-corrected chi connectivity index (χ4v) is 2.19. The van der Waals surface area contributed by atoms with Gasteiger partial charge >= 0.3 is 6.43 Å². The molecule has 0 bridgehead atoms. The molecule has 1 aromatic carbocycles. The highest BCUT2D eigenvalue weighted by atomic mass is 19.3. The predicted molar refractivity (Wildman–Crippen MR) is 84.9 cm³/mol. The first-order chi connectivity index (χ1) is 12.6. The number of nitrogens with zero attached hydrogens (tertiary/aromatic N) is 4. The molecule has 1 unspecified atom stereocenters. The maximum absolute atomic E-state index is 13.1. The van der Waals surface area contributed by atoms with Crippen molar-refractivity contribution in [1.82, 2.24) is 20.2 Å². The summed E-state index contributed by atoms with van der Waals surface area (Å²) in [5, 5.41) is 9.84. The quantitative estimate of drug-likeness (QED) is 0.687. The summed E-state index contributed by atoms with van der Waals surface area (Å²) in [7, 11) is 1.54. The molecule has 136 valence electrons. The third kappa shape index (κ3) is 4.14. The van der Waals surface area contributed by atoms with Gasteiger partial charge in [-0.1, -0.05) is 12.1 Å². The Morgan fingerprint density at radius 2 is 1.81 bits per heavy atom. The molecule has 0 spiro atoms. The van der Waals surface area contributed by atoms with Crippen LogP contribution in [0.3, 0.4) is 0 Å². The smallest absolute Gasteiger partial charge is 0.314 e. The molecule has 0 radical (unpaired) electrons. The number of methoxy groups -OCH3 is 1. The lowest BCUT2D eigenvalue weighted by atomic mass is 10.1. The molecule has 0 saturated heterocycles. The Morgan fingerprint density at radius 3 is 2.38 bits per heavy atom. The van der Waals surface area contributed by atoms with Gasteiger partial charge in [-0.15, -0.1) is 10.2 Å². The van der Waals surface area contributed by atoms with Crippen molar-refractivity contribution in [1.29, 1.82) is 0 Å². The lowest BCUT2D eigenvalue weighted by Crippen LogP contribution is -2.17. The third-order valence-corrected chi connectivity index (χ3v) is 3.44. The fourth-order valence-electron chi connectivity index (χ4n) is 2.19. The minimum atomic E-state index is -2.84. The van der Waals surface area contributed by atoms with Gasteiger partial charge in [0.1, 0.15) is 5.82 Å². The maximum atomic E-state index is 13.1. The highest BCUT2D eigenvalue weighted by molar-refractivity contribution is 5.50. The second kappa shape index (κ2) is 7.91. The second-order valence-corrected chi connectivity index (χ2v) is 5.25. The van der Waals surface area contributed by atoms with E-state index in [4.69, 9.17) is 9.15 Å². The van der Waals surface area contributed by atoms with E-state index in [1.165, 1.54) is 24.5 Å². The van der Waals surface area contributed by atoms with Crippen LogP contribution in [0.25, 0.3) is 11.5 Å². The van der Waals surface area contributed by atoms with Gasteiger partial charge in [-0.25, -0.2) is 14.4 Å². The fraction of sp³-hybridized carbons (Fsp3) is 0.250. The minimum absolute atomic E-state index is 0.0983. The molecule has 3 rings (SSSR count). The zero-order valence-electron chi connectivity index (χ0n) is 13.6. The zero-order chi connectivity index (χ0) is 18.5. The molecule has 0 saturated carbocycles. The number of hydrogen-bond acceptors (Lipinski definition) is 7. The molecule has 0 amide bonds. The van der Waals surface area contributed by atoms with Crippen LogP contribution >= 0.6 is 0 Å². The number of benzene rings is 1. The van der Waals surface area contributed by atoms with E-state index >= 15 is 0 Å². The molecule has 1 N–H and O–H groups in total. The highest BCUT2D eigenvalue weighted by Gasteiger charge is 2.18. The van der Waals surface area contributed by atoms with Gasteiger partial charge in [0.2, 0.25) is 5.95 Å². The van der Waals surface area contributed by atoms with Gasteiger partial charge in [0.15, 0.2) is 0 Å². The molecule has 0 fully saturated rings.